The van der Waals surface area contributed by atoms with E-state index in [1.54, 1.807) is 0 Å². The Morgan fingerprint density at radius 1 is 1.21 bits per heavy atom. The van der Waals surface area contributed by atoms with Crippen molar-refractivity contribution in [3.63, 3.8) is 0 Å². The normalized spacial score (nSPS) is 17.3. The molecule has 4 rings (SSSR count). The van der Waals surface area contributed by atoms with Gasteiger partial charge in [0.25, 0.3) is 0 Å². The van der Waals surface area contributed by atoms with Crippen molar-refractivity contribution in [2.45, 2.75) is 19.3 Å². The number of nitrogens with zero attached hydrogens (tertiary/aromatic N) is 2. The lowest BCUT2D eigenvalue weighted by molar-refractivity contribution is 0.724. The highest BCUT2D eigenvalue weighted by Gasteiger charge is 2.25. The third-order valence-corrected chi connectivity index (χ3v) is 4.15. The van der Waals surface area contributed by atoms with Crippen LogP contribution in [0.4, 0.5) is 0 Å². The molecule has 19 heavy (non-hydrogen) atoms. The number of halogens is 1. The molecule has 0 bridgehead atoms. The first-order valence-corrected chi connectivity index (χ1v) is 6.87. The molecule has 1 aromatic carbocycles. The van der Waals surface area contributed by atoms with E-state index in [0.717, 1.165) is 22.8 Å². The molecule has 1 aliphatic rings. The molecular formula is C16H13ClN2. The van der Waals surface area contributed by atoms with Gasteiger partial charge in [0.1, 0.15) is 5.65 Å². The number of hydrogen-bond acceptors (Lipinski definition) is 1. The smallest absolute Gasteiger partial charge is 0.137 e. The summed E-state index contributed by atoms with van der Waals surface area (Å²) in [5.41, 5.74) is 6.00. The number of hydrogen-bond donors (Lipinski definition) is 0. The first kappa shape index (κ1) is 11.1. The molecule has 1 unspecified atom stereocenters. The average molecular weight is 269 g/mol. The maximum Gasteiger partial charge on any atom is 0.137 e. The molecule has 1 aliphatic carbocycles. The van der Waals surface area contributed by atoms with Crippen molar-refractivity contribution in [2.75, 3.05) is 0 Å². The van der Waals surface area contributed by atoms with Crippen molar-refractivity contribution in [1.82, 2.24) is 9.38 Å². The molecule has 1 atom stereocenters. The Morgan fingerprint density at radius 2 is 2.05 bits per heavy atom. The Morgan fingerprint density at radius 3 is 2.95 bits per heavy atom. The maximum absolute atomic E-state index is 6.11. The van der Waals surface area contributed by atoms with E-state index in [0.29, 0.717) is 5.92 Å². The summed E-state index contributed by atoms with van der Waals surface area (Å²) in [7, 11) is 0. The fraction of sp³-hybridized carbons (Fsp3) is 0.188. The molecular weight excluding hydrogens is 256 g/mol. The van der Waals surface area contributed by atoms with E-state index in [-0.39, 0.29) is 0 Å². The number of imidazole rings is 1. The zero-order chi connectivity index (χ0) is 13.0. The highest BCUT2D eigenvalue weighted by Crippen LogP contribution is 2.39. The third kappa shape index (κ3) is 1.53. The largest absolute Gasteiger partial charge is 0.302 e. The van der Waals surface area contributed by atoms with Crippen molar-refractivity contribution in [3.05, 3.63) is 58.9 Å². The van der Waals surface area contributed by atoms with Crippen molar-refractivity contribution in [2.24, 2.45) is 0 Å². The van der Waals surface area contributed by atoms with Gasteiger partial charge in [-0.05, 0) is 30.0 Å². The fourth-order valence-corrected chi connectivity index (χ4v) is 3.18. The summed E-state index contributed by atoms with van der Waals surface area (Å²) in [6.45, 7) is 2.27. The predicted molar refractivity (Wildman–Crippen MR) is 77.8 cm³/mol. The van der Waals surface area contributed by atoms with Gasteiger partial charge in [0.2, 0.25) is 0 Å². The van der Waals surface area contributed by atoms with E-state index in [4.69, 9.17) is 16.6 Å². The Labute approximate surface area is 116 Å². The standard InChI is InChI=1S/C16H13ClN2/c1-10-8-14-16(13-5-3-2-4-12(10)13)18-15-7-6-11(17)9-19(14)15/h2-7,9-10H,8H2,1H3. The van der Waals surface area contributed by atoms with Gasteiger partial charge in [-0.1, -0.05) is 42.8 Å². The molecule has 2 nitrogen and oxygen atoms in total. The SMILES string of the molecule is CC1Cc2c(nc3ccc(Cl)cn23)-c2ccccc21. The Balaban J connectivity index is 2.09. The lowest BCUT2D eigenvalue weighted by Crippen LogP contribution is -2.09. The summed E-state index contributed by atoms with van der Waals surface area (Å²) < 4.78 is 2.13. The molecule has 2 aromatic heterocycles. The predicted octanol–water partition coefficient (Wildman–Crippen LogP) is 4.31. The highest BCUT2D eigenvalue weighted by molar-refractivity contribution is 6.30. The monoisotopic (exact) mass is 268 g/mol. The van der Waals surface area contributed by atoms with Crippen molar-refractivity contribution in [1.29, 1.82) is 0 Å². The average Bonchev–Trinajstić information content (AvgIpc) is 2.78. The van der Waals surface area contributed by atoms with E-state index in [9.17, 15) is 0 Å². The summed E-state index contributed by atoms with van der Waals surface area (Å²) in [5, 5.41) is 0.749. The van der Waals surface area contributed by atoms with E-state index < -0.39 is 0 Å². The van der Waals surface area contributed by atoms with E-state index in [2.05, 4.69) is 35.6 Å². The van der Waals surface area contributed by atoms with Crippen LogP contribution in [0.3, 0.4) is 0 Å². The first-order valence-electron chi connectivity index (χ1n) is 6.50. The van der Waals surface area contributed by atoms with Crippen LogP contribution in [0.25, 0.3) is 16.9 Å². The van der Waals surface area contributed by atoms with Gasteiger partial charge in [0.15, 0.2) is 0 Å². The molecule has 0 saturated carbocycles. The Bertz CT molecular complexity index is 789. The van der Waals surface area contributed by atoms with Gasteiger partial charge >= 0.3 is 0 Å². The summed E-state index contributed by atoms with van der Waals surface area (Å²) >= 11 is 6.11. The molecule has 94 valence electrons. The van der Waals surface area contributed by atoms with E-state index in [1.807, 2.05) is 18.3 Å². The molecule has 0 fully saturated rings. The zero-order valence-electron chi connectivity index (χ0n) is 10.6. The topological polar surface area (TPSA) is 17.3 Å². The summed E-state index contributed by atoms with van der Waals surface area (Å²) in [4.78, 5) is 4.77. The van der Waals surface area contributed by atoms with Gasteiger partial charge in [-0.15, -0.1) is 0 Å². The van der Waals surface area contributed by atoms with Crippen LogP contribution in [0.15, 0.2) is 42.6 Å². The minimum Gasteiger partial charge on any atom is -0.302 e. The Hall–Kier alpha value is -1.80. The molecule has 3 aromatic rings. The van der Waals surface area contributed by atoms with E-state index in [1.165, 1.54) is 16.8 Å². The van der Waals surface area contributed by atoms with Crippen LogP contribution >= 0.6 is 11.6 Å². The molecule has 0 amide bonds. The minimum absolute atomic E-state index is 0.516. The molecule has 2 heterocycles. The summed E-state index contributed by atoms with van der Waals surface area (Å²) in [5.74, 6) is 0.516. The highest BCUT2D eigenvalue weighted by atomic mass is 35.5. The van der Waals surface area contributed by atoms with Gasteiger partial charge in [0, 0.05) is 11.8 Å². The van der Waals surface area contributed by atoms with E-state index >= 15 is 0 Å². The van der Waals surface area contributed by atoms with Gasteiger partial charge in [-0.25, -0.2) is 4.98 Å². The zero-order valence-corrected chi connectivity index (χ0v) is 11.4. The second kappa shape index (κ2) is 3.84. The van der Waals surface area contributed by atoms with Crippen molar-refractivity contribution in [3.8, 4) is 11.3 Å². The first-order chi connectivity index (χ1) is 9.24. The van der Waals surface area contributed by atoms with Crippen molar-refractivity contribution < 1.29 is 0 Å². The molecule has 0 aliphatic heterocycles. The fourth-order valence-electron chi connectivity index (χ4n) is 3.02. The van der Waals surface area contributed by atoms with Crippen molar-refractivity contribution >= 4 is 17.2 Å². The number of fused-ring (bicyclic) bond motifs is 5. The van der Waals surface area contributed by atoms with Crippen LogP contribution in [0.5, 0.6) is 0 Å². The van der Waals surface area contributed by atoms with Crippen LogP contribution < -0.4 is 0 Å². The third-order valence-electron chi connectivity index (χ3n) is 3.93. The number of aromatic nitrogens is 2. The lowest BCUT2D eigenvalue weighted by Gasteiger charge is -2.22. The summed E-state index contributed by atoms with van der Waals surface area (Å²) in [6, 6.07) is 12.4. The number of benzene rings is 1. The van der Waals surface area contributed by atoms with Crippen LogP contribution in [0, 0.1) is 0 Å². The van der Waals surface area contributed by atoms with Crippen LogP contribution in [-0.2, 0) is 6.42 Å². The molecule has 0 spiro atoms. The molecule has 0 saturated heterocycles. The number of rotatable bonds is 0. The molecule has 0 radical (unpaired) electrons. The second-order valence-corrected chi connectivity index (χ2v) is 5.61. The Kier molecular flexibility index (Phi) is 2.24. The van der Waals surface area contributed by atoms with Gasteiger partial charge in [0.05, 0.1) is 16.4 Å². The second-order valence-electron chi connectivity index (χ2n) is 5.18. The maximum atomic E-state index is 6.11. The van der Waals surface area contributed by atoms with Crippen LogP contribution in [0.1, 0.15) is 24.1 Å². The minimum atomic E-state index is 0.516. The quantitative estimate of drug-likeness (QED) is 0.594. The van der Waals surface area contributed by atoms with Gasteiger partial charge in [-0.3, -0.25) is 0 Å². The van der Waals surface area contributed by atoms with Crippen LogP contribution in [-0.4, -0.2) is 9.38 Å². The molecule has 3 heteroatoms. The van der Waals surface area contributed by atoms with Gasteiger partial charge in [-0.2, -0.15) is 0 Å². The van der Waals surface area contributed by atoms with Gasteiger partial charge < -0.3 is 4.40 Å². The number of pyridine rings is 1. The molecule has 0 N–H and O–H groups in total. The lowest BCUT2D eigenvalue weighted by atomic mass is 9.84. The summed E-state index contributed by atoms with van der Waals surface area (Å²) in [6.07, 6.45) is 2.97. The van der Waals surface area contributed by atoms with Crippen LogP contribution in [0.2, 0.25) is 5.02 Å².